The van der Waals surface area contributed by atoms with Crippen molar-refractivity contribution in [3.63, 3.8) is 0 Å². The number of hydrogen-bond donors (Lipinski definition) is 0. The molecule has 0 amide bonds. The highest BCUT2D eigenvalue weighted by atomic mass is 19.4. The molecular weight excluding hydrogens is 295 g/mol. The molecular formula is C16H20F3NO2. The predicted molar refractivity (Wildman–Crippen MR) is 76.2 cm³/mol. The summed E-state index contributed by atoms with van der Waals surface area (Å²) in [6.07, 6.45) is -3.70. The molecule has 0 aliphatic carbocycles. The molecule has 0 N–H and O–H groups in total. The summed E-state index contributed by atoms with van der Waals surface area (Å²) in [6.45, 7) is 1.44. The molecule has 22 heavy (non-hydrogen) atoms. The van der Waals surface area contributed by atoms with Gasteiger partial charge in [0.1, 0.15) is 6.10 Å². The molecule has 1 fully saturated rings. The van der Waals surface area contributed by atoms with Crippen LogP contribution in [0.15, 0.2) is 30.3 Å². The van der Waals surface area contributed by atoms with Crippen molar-refractivity contribution in [2.24, 2.45) is 5.92 Å². The van der Waals surface area contributed by atoms with E-state index in [1.165, 1.54) is 4.90 Å². The van der Waals surface area contributed by atoms with Crippen molar-refractivity contribution in [2.45, 2.75) is 32.0 Å². The first-order valence-corrected chi connectivity index (χ1v) is 7.40. The lowest BCUT2D eigenvalue weighted by Crippen LogP contribution is -2.41. The molecule has 1 aliphatic rings. The number of alkyl halides is 3. The van der Waals surface area contributed by atoms with Gasteiger partial charge in [-0.15, -0.1) is 0 Å². The number of hydrogen-bond acceptors (Lipinski definition) is 3. The largest absolute Gasteiger partial charge is 0.458 e. The highest BCUT2D eigenvalue weighted by Gasteiger charge is 2.34. The van der Waals surface area contributed by atoms with Gasteiger partial charge in [-0.25, -0.2) is 0 Å². The zero-order valence-corrected chi connectivity index (χ0v) is 12.5. The van der Waals surface area contributed by atoms with Crippen molar-refractivity contribution < 1.29 is 22.7 Å². The molecule has 0 spiro atoms. The Bertz CT molecular complexity index is 482. The van der Waals surface area contributed by atoms with Crippen molar-refractivity contribution in [2.75, 3.05) is 19.6 Å². The molecule has 1 aromatic rings. The van der Waals surface area contributed by atoms with Gasteiger partial charge in [0.25, 0.3) is 0 Å². The van der Waals surface area contributed by atoms with Crippen LogP contribution in [0.5, 0.6) is 0 Å². The number of ether oxygens (including phenoxy) is 1. The minimum absolute atomic E-state index is 0.277. The Morgan fingerprint density at radius 3 is 2.41 bits per heavy atom. The molecule has 1 saturated heterocycles. The second kappa shape index (κ2) is 7.13. The zero-order chi connectivity index (χ0) is 16.2. The fourth-order valence-corrected chi connectivity index (χ4v) is 2.64. The quantitative estimate of drug-likeness (QED) is 0.796. The fraction of sp³-hybridized carbons (Fsp3) is 0.562. The minimum Gasteiger partial charge on any atom is -0.458 e. The topological polar surface area (TPSA) is 29.5 Å². The van der Waals surface area contributed by atoms with Crippen molar-refractivity contribution in [1.29, 1.82) is 0 Å². The molecule has 0 aromatic heterocycles. The van der Waals surface area contributed by atoms with E-state index >= 15 is 0 Å². The standard InChI is InChI=1S/C16H20F3NO2/c1-12(13-5-3-2-4-6-13)22-15(21)14-7-9-20(10-8-14)11-16(17,18)19/h2-6,12,14H,7-11H2,1H3. The van der Waals surface area contributed by atoms with E-state index in [4.69, 9.17) is 4.74 Å². The highest BCUT2D eigenvalue weighted by molar-refractivity contribution is 5.72. The maximum absolute atomic E-state index is 12.3. The van der Waals surface area contributed by atoms with Gasteiger partial charge in [0.05, 0.1) is 12.5 Å². The van der Waals surface area contributed by atoms with Gasteiger partial charge in [0.2, 0.25) is 0 Å². The molecule has 0 radical (unpaired) electrons. The number of carbonyl (C=O) groups is 1. The SMILES string of the molecule is CC(OC(=O)C1CCN(CC(F)(F)F)CC1)c1ccccc1. The summed E-state index contributed by atoms with van der Waals surface area (Å²) < 4.78 is 42.4. The Morgan fingerprint density at radius 1 is 1.27 bits per heavy atom. The summed E-state index contributed by atoms with van der Waals surface area (Å²) in [5.74, 6) is -0.626. The Labute approximate surface area is 128 Å². The molecule has 1 aromatic carbocycles. The monoisotopic (exact) mass is 315 g/mol. The number of carbonyl (C=O) groups excluding carboxylic acids is 1. The third-order valence-electron chi connectivity index (χ3n) is 3.89. The van der Waals surface area contributed by atoms with E-state index in [-0.39, 0.29) is 31.1 Å². The van der Waals surface area contributed by atoms with Gasteiger partial charge in [0, 0.05) is 0 Å². The summed E-state index contributed by atoms with van der Waals surface area (Å²) in [6, 6.07) is 9.38. The number of halogens is 3. The van der Waals surface area contributed by atoms with Crippen LogP contribution in [-0.4, -0.2) is 36.7 Å². The minimum atomic E-state index is -4.19. The third-order valence-corrected chi connectivity index (χ3v) is 3.89. The van der Waals surface area contributed by atoms with Gasteiger partial charge in [-0.3, -0.25) is 9.69 Å². The van der Waals surface area contributed by atoms with Gasteiger partial charge >= 0.3 is 12.1 Å². The molecule has 122 valence electrons. The van der Waals surface area contributed by atoms with E-state index in [1.807, 2.05) is 30.3 Å². The molecule has 2 rings (SSSR count). The van der Waals surface area contributed by atoms with E-state index in [9.17, 15) is 18.0 Å². The maximum atomic E-state index is 12.3. The van der Waals surface area contributed by atoms with Gasteiger partial charge < -0.3 is 4.74 Å². The lowest BCUT2D eigenvalue weighted by molar-refractivity contribution is -0.159. The average Bonchev–Trinajstić information content (AvgIpc) is 2.47. The Morgan fingerprint density at radius 2 is 1.86 bits per heavy atom. The first kappa shape index (κ1) is 16.8. The third kappa shape index (κ3) is 5.02. The van der Waals surface area contributed by atoms with Crippen molar-refractivity contribution in [3.8, 4) is 0 Å². The molecule has 0 bridgehead atoms. The van der Waals surface area contributed by atoms with Gasteiger partial charge in [-0.1, -0.05) is 30.3 Å². The van der Waals surface area contributed by atoms with Gasteiger partial charge in [-0.05, 0) is 38.4 Å². The van der Waals surface area contributed by atoms with Crippen LogP contribution in [0.2, 0.25) is 0 Å². The van der Waals surface area contributed by atoms with Crippen LogP contribution < -0.4 is 0 Å². The van der Waals surface area contributed by atoms with E-state index in [1.54, 1.807) is 6.92 Å². The summed E-state index contributed by atoms with van der Waals surface area (Å²) in [5, 5.41) is 0. The van der Waals surface area contributed by atoms with Crippen molar-refractivity contribution in [3.05, 3.63) is 35.9 Å². The molecule has 1 unspecified atom stereocenters. The lowest BCUT2D eigenvalue weighted by Gasteiger charge is -2.31. The van der Waals surface area contributed by atoms with Crippen LogP contribution >= 0.6 is 0 Å². The zero-order valence-electron chi connectivity index (χ0n) is 12.5. The smallest absolute Gasteiger partial charge is 0.401 e. The number of likely N-dealkylation sites (tertiary alicyclic amines) is 1. The van der Waals surface area contributed by atoms with E-state index in [2.05, 4.69) is 0 Å². The summed E-state index contributed by atoms with van der Waals surface area (Å²) in [5.41, 5.74) is 0.908. The fourth-order valence-electron chi connectivity index (χ4n) is 2.64. The molecule has 6 heteroatoms. The number of piperidine rings is 1. The lowest BCUT2D eigenvalue weighted by atomic mass is 9.97. The van der Waals surface area contributed by atoms with Crippen LogP contribution in [0.3, 0.4) is 0 Å². The highest BCUT2D eigenvalue weighted by Crippen LogP contribution is 2.25. The molecule has 1 heterocycles. The summed E-state index contributed by atoms with van der Waals surface area (Å²) in [7, 11) is 0. The summed E-state index contributed by atoms with van der Waals surface area (Å²) in [4.78, 5) is 13.4. The Hall–Kier alpha value is -1.56. The Kier molecular flexibility index (Phi) is 5.45. The molecule has 0 saturated carbocycles. The van der Waals surface area contributed by atoms with Crippen molar-refractivity contribution in [1.82, 2.24) is 4.90 Å². The predicted octanol–water partition coefficient (Wildman–Crippen LogP) is 3.57. The molecule has 1 aliphatic heterocycles. The number of benzene rings is 1. The average molecular weight is 315 g/mol. The number of nitrogens with zero attached hydrogens (tertiary/aromatic N) is 1. The van der Waals surface area contributed by atoms with E-state index < -0.39 is 12.7 Å². The van der Waals surface area contributed by atoms with Crippen LogP contribution in [-0.2, 0) is 9.53 Å². The van der Waals surface area contributed by atoms with Crippen molar-refractivity contribution >= 4 is 5.97 Å². The molecule has 1 atom stereocenters. The van der Waals surface area contributed by atoms with Crippen LogP contribution in [0.4, 0.5) is 13.2 Å². The first-order chi connectivity index (χ1) is 10.3. The van der Waals surface area contributed by atoms with Gasteiger partial charge in [-0.2, -0.15) is 13.2 Å². The number of rotatable bonds is 4. The number of esters is 1. The second-order valence-electron chi connectivity index (χ2n) is 5.66. The van der Waals surface area contributed by atoms with Crippen LogP contribution in [0.25, 0.3) is 0 Å². The summed E-state index contributed by atoms with van der Waals surface area (Å²) >= 11 is 0. The van der Waals surface area contributed by atoms with Crippen LogP contribution in [0, 0.1) is 5.92 Å². The Balaban J connectivity index is 1.80. The second-order valence-corrected chi connectivity index (χ2v) is 5.66. The van der Waals surface area contributed by atoms with Crippen LogP contribution in [0.1, 0.15) is 31.4 Å². The normalized spacial score (nSPS) is 18.9. The van der Waals surface area contributed by atoms with E-state index in [0.29, 0.717) is 12.8 Å². The maximum Gasteiger partial charge on any atom is 0.401 e. The molecule has 3 nitrogen and oxygen atoms in total. The first-order valence-electron chi connectivity index (χ1n) is 7.40. The van der Waals surface area contributed by atoms with Gasteiger partial charge in [0.15, 0.2) is 0 Å². The van der Waals surface area contributed by atoms with E-state index in [0.717, 1.165) is 5.56 Å².